The predicted molar refractivity (Wildman–Crippen MR) is 109 cm³/mol. The van der Waals surface area contributed by atoms with Crippen molar-refractivity contribution in [2.75, 3.05) is 11.6 Å². The van der Waals surface area contributed by atoms with Crippen LogP contribution in [0, 0.1) is 0 Å². The lowest BCUT2D eigenvalue weighted by molar-refractivity contribution is 0.0998. The lowest BCUT2D eigenvalue weighted by atomic mass is 10.2. The van der Waals surface area contributed by atoms with Gasteiger partial charge in [-0.05, 0) is 30.5 Å². The zero-order valence-corrected chi connectivity index (χ0v) is 15.9. The third-order valence-electron chi connectivity index (χ3n) is 3.94. The molecule has 0 spiro atoms. The molecule has 0 saturated heterocycles. The molecule has 0 aliphatic heterocycles. The van der Waals surface area contributed by atoms with Gasteiger partial charge in [0, 0.05) is 5.39 Å². The van der Waals surface area contributed by atoms with Crippen LogP contribution < -0.4 is 5.32 Å². The molecular weight excluding hydrogens is 386 g/mol. The number of hydrogen-bond donors (Lipinski definition) is 1. The van der Waals surface area contributed by atoms with Crippen molar-refractivity contribution in [3.63, 3.8) is 0 Å². The number of thioether (sulfide) groups is 1. The molecule has 0 saturated carbocycles. The van der Waals surface area contributed by atoms with Crippen molar-refractivity contribution >= 4 is 76.9 Å². The molecule has 1 N–H and O–H groups in total. The van der Waals surface area contributed by atoms with E-state index in [1.54, 1.807) is 29.2 Å². The first-order valence-electron chi connectivity index (χ1n) is 7.75. The van der Waals surface area contributed by atoms with Gasteiger partial charge in [-0.1, -0.05) is 41.3 Å². The Labute approximate surface area is 160 Å². The van der Waals surface area contributed by atoms with Crippen LogP contribution >= 0.6 is 34.4 Å². The summed E-state index contributed by atoms with van der Waals surface area (Å²) in [5, 5.41) is 4.30. The fraction of sp³-hybridized carbons (Fsp3) is 0.0556. The highest BCUT2D eigenvalue weighted by molar-refractivity contribution is 8.00. The molecular formula is C18H11N3O2S3. The second kappa shape index (κ2) is 6.08. The van der Waals surface area contributed by atoms with Gasteiger partial charge < -0.3 is 4.42 Å². The van der Waals surface area contributed by atoms with E-state index < -0.39 is 0 Å². The van der Waals surface area contributed by atoms with E-state index in [0.29, 0.717) is 10.7 Å². The van der Waals surface area contributed by atoms with Crippen LogP contribution in [0.3, 0.4) is 0 Å². The van der Waals surface area contributed by atoms with E-state index in [-0.39, 0.29) is 11.7 Å². The highest BCUT2D eigenvalue weighted by Gasteiger charge is 2.16. The molecule has 0 fully saturated rings. The van der Waals surface area contributed by atoms with Crippen molar-refractivity contribution in [1.29, 1.82) is 0 Å². The van der Waals surface area contributed by atoms with Crippen LogP contribution in [0.5, 0.6) is 0 Å². The lowest BCUT2D eigenvalue weighted by Crippen LogP contribution is -2.10. The van der Waals surface area contributed by atoms with Crippen molar-refractivity contribution in [2.24, 2.45) is 0 Å². The second-order valence-electron chi connectivity index (χ2n) is 5.57. The van der Waals surface area contributed by atoms with Crippen LogP contribution in [0.2, 0.25) is 0 Å². The van der Waals surface area contributed by atoms with Gasteiger partial charge in [0.15, 0.2) is 15.2 Å². The first-order valence-corrected chi connectivity index (χ1v) is 10.6. The fourth-order valence-electron chi connectivity index (χ4n) is 2.75. The molecule has 0 aliphatic rings. The van der Waals surface area contributed by atoms with Crippen LogP contribution in [0.25, 0.3) is 31.4 Å². The van der Waals surface area contributed by atoms with E-state index in [4.69, 9.17) is 4.42 Å². The van der Waals surface area contributed by atoms with Crippen molar-refractivity contribution in [3.8, 4) is 0 Å². The monoisotopic (exact) mass is 397 g/mol. The molecule has 0 aliphatic carbocycles. The largest absolute Gasteiger partial charge is 0.451 e. The summed E-state index contributed by atoms with van der Waals surface area (Å²) >= 11 is 4.74. The van der Waals surface area contributed by atoms with Gasteiger partial charge in [0.2, 0.25) is 0 Å². The first kappa shape index (κ1) is 15.8. The minimum absolute atomic E-state index is 0.276. The molecule has 8 heteroatoms. The molecule has 1 amide bonds. The van der Waals surface area contributed by atoms with Gasteiger partial charge in [-0.3, -0.25) is 10.1 Å². The van der Waals surface area contributed by atoms with Gasteiger partial charge in [0.05, 0.1) is 20.4 Å². The predicted octanol–water partition coefficient (Wildman–Crippen LogP) is 5.63. The molecule has 0 atom stereocenters. The number of rotatable bonds is 3. The number of aromatic nitrogens is 2. The number of anilines is 1. The number of amides is 1. The summed E-state index contributed by atoms with van der Waals surface area (Å²) in [6.45, 7) is 0. The number of hydrogen-bond acceptors (Lipinski definition) is 7. The minimum Gasteiger partial charge on any atom is -0.451 e. The summed E-state index contributed by atoms with van der Waals surface area (Å²) in [5.74, 6) is -0.0244. The smallest absolute Gasteiger partial charge is 0.293 e. The zero-order valence-electron chi connectivity index (χ0n) is 13.5. The van der Waals surface area contributed by atoms with E-state index in [2.05, 4.69) is 15.3 Å². The van der Waals surface area contributed by atoms with Crippen molar-refractivity contribution in [2.45, 2.75) is 4.34 Å². The van der Waals surface area contributed by atoms with Gasteiger partial charge >= 0.3 is 0 Å². The maximum Gasteiger partial charge on any atom is 0.293 e. The minimum atomic E-state index is -0.300. The Bertz CT molecular complexity index is 1250. The quantitative estimate of drug-likeness (QED) is 0.400. The number of furan rings is 1. The number of carbonyl (C=O) groups excluding carboxylic acids is 1. The van der Waals surface area contributed by atoms with Crippen LogP contribution in [0.15, 0.2) is 51.2 Å². The molecule has 3 aromatic heterocycles. The van der Waals surface area contributed by atoms with Crippen LogP contribution in [-0.2, 0) is 0 Å². The highest BCUT2D eigenvalue weighted by atomic mass is 32.2. The summed E-state index contributed by atoms with van der Waals surface area (Å²) in [6, 6.07) is 13.2. The number of nitrogens with one attached hydrogen (secondary N) is 1. The Hall–Kier alpha value is -2.42. The van der Waals surface area contributed by atoms with Gasteiger partial charge in [-0.15, -0.1) is 11.3 Å². The Morgan fingerprint density at radius 1 is 1.08 bits per heavy atom. The average Bonchev–Trinajstić information content (AvgIpc) is 3.35. The number of benzene rings is 2. The van der Waals surface area contributed by atoms with Crippen LogP contribution in [0.4, 0.5) is 5.13 Å². The Morgan fingerprint density at radius 3 is 2.65 bits per heavy atom. The van der Waals surface area contributed by atoms with Crippen molar-refractivity contribution in [1.82, 2.24) is 9.97 Å². The number of nitrogens with zero attached hydrogens (tertiary/aromatic N) is 2. The molecule has 128 valence electrons. The second-order valence-corrected chi connectivity index (χ2v) is 8.62. The number of fused-ring (bicyclic) bond motifs is 4. The molecule has 5 rings (SSSR count). The lowest BCUT2D eigenvalue weighted by Gasteiger charge is -1.96. The summed E-state index contributed by atoms with van der Waals surface area (Å²) in [7, 11) is 0. The first-order chi connectivity index (χ1) is 12.7. The number of thiazole rings is 2. The third kappa shape index (κ3) is 2.57. The van der Waals surface area contributed by atoms with E-state index >= 15 is 0 Å². The summed E-state index contributed by atoms with van der Waals surface area (Å²) in [6.07, 6.45) is 2.01. The Kier molecular flexibility index (Phi) is 3.70. The average molecular weight is 398 g/mol. The molecule has 3 heterocycles. The molecule has 26 heavy (non-hydrogen) atoms. The van der Waals surface area contributed by atoms with E-state index in [1.165, 1.54) is 11.3 Å². The van der Waals surface area contributed by atoms with E-state index in [1.807, 2.05) is 42.7 Å². The molecule has 2 aromatic carbocycles. The normalized spacial score (nSPS) is 11.6. The van der Waals surface area contributed by atoms with E-state index in [0.717, 1.165) is 30.2 Å². The molecule has 5 aromatic rings. The molecule has 0 bridgehead atoms. The fourth-order valence-corrected chi connectivity index (χ4v) is 5.40. The SMILES string of the molecule is CSc1nc2ccc3nc(NC(=O)c4cc5ccccc5o4)sc3c2s1. The van der Waals surface area contributed by atoms with Crippen LogP contribution in [0.1, 0.15) is 10.6 Å². The Balaban J connectivity index is 1.51. The zero-order chi connectivity index (χ0) is 17.7. The van der Waals surface area contributed by atoms with Crippen LogP contribution in [-0.4, -0.2) is 22.1 Å². The summed E-state index contributed by atoms with van der Waals surface area (Å²) in [4.78, 5) is 21.6. The maximum absolute atomic E-state index is 12.5. The Morgan fingerprint density at radius 2 is 1.85 bits per heavy atom. The van der Waals surface area contributed by atoms with E-state index in [9.17, 15) is 4.79 Å². The number of carbonyl (C=O) groups is 1. The standard InChI is InChI=1S/C18H11N3O2S3/c1-24-18-20-11-7-6-10-14(15(11)26-18)25-17(19-10)21-16(22)13-8-9-4-2-3-5-12(9)23-13/h2-8H,1H3,(H,19,21,22). The summed E-state index contributed by atoms with van der Waals surface area (Å²) in [5.41, 5.74) is 2.52. The van der Waals surface area contributed by atoms with Gasteiger partial charge in [-0.25, -0.2) is 9.97 Å². The van der Waals surface area contributed by atoms with Gasteiger partial charge in [0.25, 0.3) is 5.91 Å². The topological polar surface area (TPSA) is 68.0 Å². The molecule has 5 nitrogen and oxygen atoms in total. The van der Waals surface area contributed by atoms with Gasteiger partial charge in [-0.2, -0.15) is 0 Å². The van der Waals surface area contributed by atoms with Crippen molar-refractivity contribution in [3.05, 3.63) is 48.2 Å². The summed E-state index contributed by atoms with van der Waals surface area (Å²) < 4.78 is 8.79. The number of para-hydroxylation sites is 1. The molecule has 0 radical (unpaired) electrons. The third-order valence-corrected chi connectivity index (χ3v) is 7.14. The highest BCUT2D eigenvalue weighted by Crippen LogP contribution is 2.38. The maximum atomic E-state index is 12.5. The molecule has 0 unspecified atom stereocenters. The van der Waals surface area contributed by atoms with Crippen molar-refractivity contribution < 1.29 is 9.21 Å². The van der Waals surface area contributed by atoms with Gasteiger partial charge in [0.1, 0.15) is 5.58 Å².